The summed E-state index contributed by atoms with van der Waals surface area (Å²) in [4.78, 5) is 2.09. The summed E-state index contributed by atoms with van der Waals surface area (Å²) < 4.78 is 7.07. The zero-order valence-corrected chi connectivity index (χ0v) is 10.3. The van der Waals surface area contributed by atoms with Gasteiger partial charge in [-0.15, -0.1) is 10.2 Å². The molecule has 0 aromatic carbocycles. The summed E-state index contributed by atoms with van der Waals surface area (Å²) in [6.07, 6.45) is 0.797. The van der Waals surface area contributed by atoms with Crippen LogP contribution < -0.4 is 10.5 Å². The van der Waals surface area contributed by atoms with E-state index in [1.54, 1.807) is 19.2 Å². The Morgan fingerprint density at radius 1 is 1.35 bits per heavy atom. The smallest absolute Gasteiger partial charge is 0.204 e. The summed E-state index contributed by atoms with van der Waals surface area (Å²) in [5.74, 6) is 2.16. The number of ether oxygens (including phenoxy) is 1. The molecule has 92 valence electrons. The highest BCUT2D eigenvalue weighted by molar-refractivity contribution is 5.58. The van der Waals surface area contributed by atoms with Crippen LogP contribution in [0.5, 0.6) is 5.75 Å². The predicted molar refractivity (Wildman–Crippen MR) is 66.2 cm³/mol. The third-order valence-corrected chi connectivity index (χ3v) is 2.62. The van der Waals surface area contributed by atoms with Crippen LogP contribution >= 0.6 is 0 Å². The summed E-state index contributed by atoms with van der Waals surface area (Å²) >= 11 is 0. The lowest BCUT2D eigenvalue weighted by Gasteiger charge is -2.09. The van der Waals surface area contributed by atoms with E-state index >= 15 is 0 Å². The Kier molecular flexibility index (Phi) is 3.14. The minimum absolute atomic E-state index is 0.625. The van der Waals surface area contributed by atoms with Gasteiger partial charge in [-0.2, -0.15) is 0 Å². The van der Waals surface area contributed by atoms with E-state index in [4.69, 9.17) is 10.5 Å². The van der Waals surface area contributed by atoms with Gasteiger partial charge in [0.1, 0.15) is 11.6 Å². The molecule has 2 heterocycles. The van der Waals surface area contributed by atoms with E-state index in [2.05, 4.69) is 15.1 Å². The first-order chi connectivity index (χ1) is 8.13. The SMILES string of the molecule is COc1ccc(N)n2c(CCN(C)C)nnc12. The molecule has 0 aliphatic rings. The van der Waals surface area contributed by atoms with Crippen LogP contribution in [0.15, 0.2) is 12.1 Å². The van der Waals surface area contributed by atoms with Crippen LogP contribution in [-0.2, 0) is 6.42 Å². The Hall–Kier alpha value is -1.82. The number of fused-ring (bicyclic) bond motifs is 1. The number of anilines is 1. The highest BCUT2D eigenvalue weighted by Gasteiger charge is 2.12. The summed E-state index contributed by atoms with van der Waals surface area (Å²) in [6, 6.07) is 3.60. The quantitative estimate of drug-likeness (QED) is 0.832. The predicted octanol–water partition coefficient (Wildman–Crippen LogP) is 0.424. The summed E-state index contributed by atoms with van der Waals surface area (Å²) in [6.45, 7) is 0.900. The number of nitrogen functional groups attached to an aromatic ring is 1. The molecule has 0 radical (unpaired) electrons. The fourth-order valence-electron chi connectivity index (χ4n) is 1.70. The zero-order valence-electron chi connectivity index (χ0n) is 10.3. The van der Waals surface area contributed by atoms with Gasteiger partial charge >= 0.3 is 0 Å². The Labute approximate surface area is 100.0 Å². The van der Waals surface area contributed by atoms with Gasteiger partial charge in [0, 0.05) is 13.0 Å². The fraction of sp³-hybridized carbons (Fsp3) is 0.455. The van der Waals surface area contributed by atoms with Gasteiger partial charge in [0.25, 0.3) is 0 Å². The van der Waals surface area contributed by atoms with E-state index in [9.17, 15) is 0 Å². The monoisotopic (exact) mass is 235 g/mol. The lowest BCUT2D eigenvalue weighted by atomic mass is 10.3. The number of pyridine rings is 1. The van der Waals surface area contributed by atoms with Crippen LogP contribution in [0.25, 0.3) is 5.65 Å². The number of aromatic nitrogens is 3. The minimum Gasteiger partial charge on any atom is -0.493 e. The first-order valence-electron chi connectivity index (χ1n) is 5.44. The number of hydrogen-bond acceptors (Lipinski definition) is 5. The maximum atomic E-state index is 5.95. The molecule has 0 bridgehead atoms. The van der Waals surface area contributed by atoms with Crippen LogP contribution in [0.4, 0.5) is 5.82 Å². The lowest BCUT2D eigenvalue weighted by molar-refractivity contribution is 0.408. The van der Waals surface area contributed by atoms with Crippen LogP contribution in [0.1, 0.15) is 5.82 Å². The molecule has 0 aliphatic carbocycles. The second-order valence-electron chi connectivity index (χ2n) is 4.16. The number of nitrogens with two attached hydrogens (primary N) is 1. The Morgan fingerprint density at radius 2 is 2.12 bits per heavy atom. The van der Waals surface area contributed by atoms with E-state index in [0.29, 0.717) is 17.2 Å². The van der Waals surface area contributed by atoms with Crippen molar-refractivity contribution in [1.82, 2.24) is 19.5 Å². The van der Waals surface area contributed by atoms with Crippen molar-refractivity contribution in [2.24, 2.45) is 0 Å². The molecule has 0 atom stereocenters. The molecule has 17 heavy (non-hydrogen) atoms. The maximum absolute atomic E-state index is 5.95. The summed E-state index contributed by atoms with van der Waals surface area (Å²) in [5, 5.41) is 8.28. The highest BCUT2D eigenvalue weighted by Crippen LogP contribution is 2.21. The number of hydrogen-bond donors (Lipinski definition) is 1. The molecule has 0 fully saturated rings. The number of methoxy groups -OCH3 is 1. The summed E-state index contributed by atoms with van der Waals surface area (Å²) in [7, 11) is 5.65. The first-order valence-corrected chi connectivity index (χ1v) is 5.44. The van der Waals surface area contributed by atoms with E-state index in [1.807, 2.05) is 18.5 Å². The van der Waals surface area contributed by atoms with Crippen LogP contribution in [0, 0.1) is 0 Å². The number of rotatable bonds is 4. The van der Waals surface area contributed by atoms with Gasteiger partial charge in [0.15, 0.2) is 5.75 Å². The first kappa shape index (κ1) is 11.7. The van der Waals surface area contributed by atoms with E-state index in [1.165, 1.54) is 0 Å². The van der Waals surface area contributed by atoms with Gasteiger partial charge in [-0.25, -0.2) is 0 Å². The van der Waals surface area contributed by atoms with Gasteiger partial charge < -0.3 is 15.4 Å². The molecule has 6 nitrogen and oxygen atoms in total. The van der Waals surface area contributed by atoms with Crippen LogP contribution in [0.3, 0.4) is 0 Å². The molecular weight excluding hydrogens is 218 g/mol. The van der Waals surface area contributed by atoms with E-state index in [0.717, 1.165) is 18.8 Å². The Morgan fingerprint density at radius 3 is 2.76 bits per heavy atom. The molecule has 2 N–H and O–H groups in total. The normalized spacial score (nSPS) is 11.3. The third kappa shape index (κ3) is 2.16. The molecule has 0 aliphatic heterocycles. The average Bonchev–Trinajstić information content (AvgIpc) is 2.72. The molecule has 2 rings (SSSR count). The van der Waals surface area contributed by atoms with Crippen molar-refractivity contribution in [3.8, 4) is 5.75 Å². The average molecular weight is 235 g/mol. The maximum Gasteiger partial charge on any atom is 0.204 e. The van der Waals surface area contributed by atoms with Crippen molar-refractivity contribution in [3.63, 3.8) is 0 Å². The summed E-state index contributed by atoms with van der Waals surface area (Å²) in [5.41, 5.74) is 6.61. The molecule has 0 spiro atoms. The topological polar surface area (TPSA) is 68.7 Å². The third-order valence-electron chi connectivity index (χ3n) is 2.62. The van der Waals surface area contributed by atoms with Crippen LogP contribution in [0.2, 0.25) is 0 Å². The molecule has 2 aromatic rings. The molecule has 6 heteroatoms. The second kappa shape index (κ2) is 4.58. The standard InChI is InChI=1S/C11H17N5O/c1-15(2)7-6-10-13-14-11-8(17-3)4-5-9(12)16(10)11/h4-5H,6-7,12H2,1-3H3. The molecule has 0 unspecified atom stereocenters. The Bertz CT molecular complexity index is 520. The van der Waals surface area contributed by atoms with Gasteiger partial charge in [0.2, 0.25) is 5.65 Å². The van der Waals surface area contributed by atoms with E-state index in [-0.39, 0.29) is 0 Å². The molecule has 0 saturated carbocycles. The van der Waals surface area contributed by atoms with Crippen molar-refractivity contribution in [2.45, 2.75) is 6.42 Å². The lowest BCUT2D eigenvalue weighted by Crippen LogP contribution is -2.16. The van der Waals surface area contributed by atoms with Crippen molar-refractivity contribution in [1.29, 1.82) is 0 Å². The molecule has 0 saturated heterocycles. The van der Waals surface area contributed by atoms with Gasteiger partial charge in [-0.3, -0.25) is 4.40 Å². The fourth-order valence-corrected chi connectivity index (χ4v) is 1.70. The minimum atomic E-state index is 0.625. The Balaban J connectivity index is 2.44. The molecule has 2 aromatic heterocycles. The van der Waals surface area contributed by atoms with Gasteiger partial charge in [-0.1, -0.05) is 0 Å². The van der Waals surface area contributed by atoms with E-state index < -0.39 is 0 Å². The van der Waals surface area contributed by atoms with Crippen molar-refractivity contribution >= 4 is 11.5 Å². The van der Waals surface area contributed by atoms with Crippen molar-refractivity contribution in [2.75, 3.05) is 33.5 Å². The van der Waals surface area contributed by atoms with Gasteiger partial charge in [0.05, 0.1) is 7.11 Å². The van der Waals surface area contributed by atoms with Crippen molar-refractivity contribution < 1.29 is 4.74 Å². The van der Waals surface area contributed by atoms with Crippen molar-refractivity contribution in [3.05, 3.63) is 18.0 Å². The second-order valence-corrected chi connectivity index (χ2v) is 4.16. The molecular formula is C11H17N5O. The highest BCUT2D eigenvalue weighted by atomic mass is 16.5. The zero-order chi connectivity index (χ0) is 12.4. The number of nitrogens with zero attached hydrogens (tertiary/aromatic N) is 4. The molecule has 0 amide bonds. The largest absolute Gasteiger partial charge is 0.493 e. The van der Waals surface area contributed by atoms with Gasteiger partial charge in [-0.05, 0) is 26.2 Å². The van der Waals surface area contributed by atoms with Crippen LogP contribution in [-0.4, -0.2) is 47.2 Å². The number of likely N-dealkylation sites (N-methyl/N-ethyl adjacent to an activating group) is 1.